The second-order valence-corrected chi connectivity index (χ2v) is 8.70. The lowest BCUT2D eigenvalue weighted by Crippen LogP contribution is -2.48. The van der Waals surface area contributed by atoms with Crippen LogP contribution in [-0.4, -0.2) is 41.9 Å². The molecule has 1 aliphatic rings. The van der Waals surface area contributed by atoms with Gasteiger partial charge in [0, 0.05) is 49.8 Å². The van der Waals surface area contributed by atoms with Gasteiger partial charge in [-0.15, -0.1) is 0 Å². The Balaban J connectivity index is 1.45. The number of nitrogens with one attached hydrogen (secondary N) is 2. The normalized spacial score (nSPS) is 18.0. The van der Waals surface area contributed by atoms with Gasteiger partial charge in [-0.1, -0.05) is 18.2 Å². The molecule has 1 aliphatic heterocycles. The smallest absolute Gasteiger partial charge is 0.228 e. The topological polar surface area (TPSA) is 83.6 Å². The summed E-state index contributed by atoms with van der Waals surface area (Å²) >= 11 is 0. The predicted octanol–water partition coefficient (Wildman–Crippen LogP) is 3.62. The number of amides is 2. The SMILES string of the molecule is COc1ccccc1CNC(=O)[C@H]1C[C@@H](C(=O)Nc2ccc(F)cc2)CN(Cc2ccncc2)C1. The van der Waals surface area contributed by atoms with E-state index in [4.69, 9.17) is 4.74 Å². The highest BCUT2D eigenvalue weighted by atomic mass is 19.1. The number of pyridine rings is 1. The number of benzene rings is 2. The molecule has 0 bridgehead atoms. The van der Waals surface area contributed by atoms with Crippen LogP contribution >= 0.6 is 0 Å². The lowest BCUT2D eigenvalue weighted by atomic mass is 9.87. The van der Waals surface area contributed by atoms with Gasteiger partial charge in [0.1, 0.15) is 11.6 Å². The van der Waals surface area contributed by atoms with Gasteiger partial charge in [-0.3, -0.25) is 19.5 Å². The number of hydrogen-bond donors (Lipinski definition) is 2. The molecule has 1 aromatic heterocycles. The summed E-state index contributed by atoms with van der Waals surface area (Å²) in [5.74, 6) is -0.682. The third-order valence-corrected chi connectivity index (χ3v) is 6.18. The van der Waals surface area contributed by atoms with Crippen molar-refractivity contribution in [1.82, 2.24) is 15.2 Å². The van der Waals surface area contributed by atoms with E-state index in [9.17, 15) is 14.0 Å². The third kappa shape index (κ3) is 6.64. The number of piperidine rings is 1. The molecule has 0 spiro atoms. The summed E-state index contributed by atoms with van der Waals surface area (Å²) in [7, 11) is 1.60. The first kappa shape index (κ1) is 24.3. The molecule has 1 saturated heterocycles. The van der Waals surface area contributed by atoms with Gasteiger partial charge < -0.3 is 15.4 Å². The number of carbonyl (C=O) groups excluding carboxylic acids is 2. The van der Waals surface area contributed by atoms with E-state index in [2.05, 4.69) is 20.5 Å². The van der Waals surface area contributed by atoms with E-state index in [1.54, 1.807) is 19.5 Å². The molecule has 2 amide bonds. The molecule has 2 heterocycles. The average Bonchev–Trinajstić information content (AvgIpc) is 2.89. The van der Waals surface area contributed by atoms with Crippen LogP contribution in [0.5, 0.6) is 5.75 Å². The molecular formula is C27H29FN4O3. The van der Waals surface area contributed by atoms with Gasteiger partial charge in [0.2, 0.25) is 11.8 Å². The minimum atomic E-state index is -0.391. The van der Waals surface area contributed by atoms with Gasteiger partial charge in [0.05, 0.1) is 18.9 Å². The first-order chi connectivity index (χ1) is 17.0. The fourth-order valence-electron chi connectivity index (χ4n) is 4.40. The number of methoxy groups -OCH3 is 1. The third-order valence-electron chi connectivity index (χ3n) is 6.18. The highest BCUT2D eigenvalue weighted by Crippen LogP contribution is 2.26. The molecule has 0 radical (unpaired) electrons. The van der Waals surface area contributed by atoms with E-state index >= 15 is 0 Å². The van der Waals surface area contributed by atoms with Crippen molar-refractivity contribution < 1.29 is 18.7 Å². The summed E-state index contributed by atoms with van der Waals surface area (Å²) in [4.78, 5) is 32.5. The summed E-state index contributed by atoms with van der Waals surface area (Å²) in [6, 6.07) is 17.1. The molecule has 1 fully saturated rings. The number of anilines is 1. The first-order valence-electron chi connectivity index (χ1n) is 11.6. The van der Waals surface area contributed by atoms with Crippen molar-refractivity contribution in [3.05, 3.63) is 90.0 Å². The van der Waals surface area contributed by atoms with Crippen LogP contribution in [0.15, 0.2) is 73.1 Å². The Hall–Kier alpha value is -3.78. The number of nitrogens with zero attached hydrogens (tertiary/aromatic N) is 2. The number of halogens is 1. The molecule has 0 unspecified atom stereocenters. The highest BCUT2D eigenvalue weighted by Gasteiger charge is 2.35. The standard InChI is InChI=1S/C27H29FN4O3/c1-35-25-5-3-2-4-20(25)15-30-26(33)21-14-22(27(34)31-24-8-6-23(28)7-9-24)18-32(17-21)16-19-10-12-29-13-11-19/h2-13,21-22H,14-18H2,1H3,(H,30,33)(H,31,34)/t21-,22+/m0/s1. The quantitative estimate of drug-likeness (QED) is 0.519. The molecule has 8 heteroatoms. The second-order valence-electron chi connectivity index (χ2n) is 8.70. The summed E-state index contributed by atoms with van der Waals surface area (Å²) in [6.45, 7) is 2.02. The van der Waals surface area contributed by atoms with Crippen LogP contribution in [0.1, 0.15) is 17.5 Å². The molecule has 35 heavy (non-hydrogen) atoms. The van der Waals surface area contributed by atoms with Crippen LogP contribution in [0.4, 0.5) is 10.1 Å². The maximum atomic E-state index is 13.2. The van der Waals surface area contributed by atoms with Crippen LogP contribution in [0.25, 0.3) is 0 Å². The zero-order valence-electron chi connectivity index (χ0n) is 19.6. The van der Waals surface area contributed by atoms with E-state index in [0.717, 1.165) is 11.1 Å². The number of ether oxygens (including phenoxy) is 1. The number of rotatable bonds is 8. The van der Waals surface area contributed by atoms with Crippen molar-refractivity contribution in [2.45, 2.75) is 19.5 Å². The molecule has 2 atom stereocenters. The predicted molar refractivity (Wildman–Crippen MR) is 131 cm³/mol. The molecule has 182 valence electrons. The first-order valence-corrected chi connectivity index (χ1v) is 11.6. The van der Waals surface area contributed by atoms with Gasteiger partial charge >= 0.3 is 0 Å². The Kier molecular flexibility index (Phi) is 8.05. The summed E-state index contributed by atoms with van der Waals surface area (Å²) in [5, 5.41) is 5.88. The summed E-state index contributed by atoms with van der Waals surface area (Å²) in [6.07, 6.45) is 3.89. The Labute approximate surface area is 204 Å². The summed E-state index contributed by atoms with van der Waals surface area (Å²) < 4.78 is 18.6. The van der Waals surface area contributed by atoms with Crippen molar-refractivity contribution in [2.75, 3.05) is 25.5 Å². The lowest BCUT2D eigenvalue weighted by Gasteiger charge is -2.36. The van der Waals surface area contributed by atoms with E-state index < -0.39 is 5.92 Å². The Morgan fingerprint density at radius 2 is 1.69 bits per heavy atom. The number of likely N-dealkylation sites (tertiary alicyclic amines) is 1. The fraction of sp³-hybridized carbons (Fsp3) is 0.296. The van der Waals surface area contributed by atoms with Crippen LogP contribution in [-0.2, 0) is 22.7 Å². The van der Waals surface area contributed by atoms with Gasteiger partial charge in [0.25, 0.3) is 0 Å². The number of aromatic nitrogens is 1. The fourth-order valence-corrected chi connectivity index (χ4v) is 4.40. The van der Waals surface area contributed by atoms with E-state index in [0.29, 0.717) is 44.0 Å². The van der Waals surface area contributed by atoms with Crippen molar-refractivity contribution in [1.29, 1.82) is 0 Å². The number of carbonyl (C=O) groups is 2. The van der Waals surface area contributed by atoms with Crippen molar-refractivity contribution in [3.63, 3.8) is 0 Å². The van der Waals surface area contributed by atoms with Crippen molar-refractivity contribution in [3.8, 4) is 5.75 Å². The monoisotopic (exact) mass is 476 g/mol. The largest absolute Gasteiger partial charge is 0.496 e. The molecule has 0 saturated carbocycles. The Morgan fingerprint density at radius 1 is 1.00 bits per heavy atom. The van der Waals surface area contributed by atoms with E-state index in [-0.39, 0.29) is 23.5 Å². The lowest BCUT2D eigenvalue weighted by molar-refractivity contribution is -0.130. The maximum absolute atomic E-state index is 13.2. The zero-order chi connectivity index (χ0) is 24.6. The van der Waals surface area contributed by atoms with Gasteiger partial charge in [-0.25, -0.2) is 4.39 Å². The zero-order valence-corrected chi connectivity index (χ0v) is 19.6. The number of hydrogen-bond acceptors (Lipinski definition) is 5. The van der Waals surface area contributed by atoms with Gasteiger partial charge in [0.15, 0.2) is 0 Å². The molecule has 0 aliphatic carbocycles. The highest BCUT2D eigenvalue weighted by molar-refractivity contribution is 5.93. The second kappa shape index (κ2) is 11.6. The van der Waals surface area contributed by atoms with Crippen LogP contribution in [0.3, 0.4) is 0 Å². The molecule has 2 N–H and O–H groups in total. The van der Waals surface area contributed by atoms with Crippen LogP contribution in [0, 0.1) is 17.7 Å². The van der Waals surface area contributed by atoms with Crippen molar-refractivity contribution in [2.24, 2.45) is 11.8 Å². The average molecular weight is 477 g/mol. The molecule has 3 aromatic rings. The van der Waals surface area contributed by atoms with E-state index in [1.807, 2.05) is 36.4 Å². The van der Waals surface area contributed by atoms with Crippen LogP contribution in [0.2, 0.25) is 0 Å². The molecule has 2 aromatic carbocycles. The molecular weight excluding hydrogens is 447 g/mol. The molecule has 4 rings (SSSR count). The van der Waals surface area contributed by atoms with Crippen LogP contribution < -0.4 is 15.4 Å². The Bertz CT molecular complexity index is 1140. The van der Waals surface area contributed by atoms with Gasteiger partial charge in [-0.2, -0.15) is 0 Å². The maximum Gasteiger partial charge on any atom is 0.228 e. The Morgan fingerprint density at radius 3 is 2.40 bits per heavy atom. The minimum absolute atomic E-state index is 0.102. The summed E-state index contributed by atoms with van der Waals surface area (Å²) in [5.41, 5.74) is 2.48. The van der Waals surface area contributed by atoms with E-state index in [1.165, 1.54) is 24.3 Å². The minimum Gasteiger partial charge on any atom is -0.496 e. The van der Waals surface area contributed by atoms with Crippen molar-refractivity contribution >= 4 is 17.5 Å². The molecule has 7 nitrogen and oxygen atoms in total. The van der Waals surface area contributed by atoms with Gasteiger partial charge in [-0.05, 0) is 54.4 Å². The number of para-hydroxylation sites is 1.